The second-order valence-electron chi connectivity index (χ2n) is 6.85. The predicted molar refractivity (Wildman–Crippen MR) is 121 cm³/mol. The van der Waals surface area contributed by atoms with Gasteiger partial charge in [-0.05, 0) is 61.0 Å². The second-order valence-corrected chi connectivity index (χ2v) is 9.88. The molecule has 1 amide bonds. The van der Waals surface area contributed by atoms with Crippen LogP contribution in [0.15, 0.2) is 64.2 Å². The molecule has 1 unspecified atom stereocenters. The number of nitrogens with one attached hydrogen (secondary N) is 1. The Hall–Kier alpha value is -1.60. The van der Waals surface area contributed by atoms with Crippen molar-refractivity contribution >= 4 is 40.3 Å². The standard InChI is InChI=1S/C22H24N2OS3/c25-22(18-8-1-2-9-20(18)28-16-17-7-5-13-26-17)23-15-19(21-10-6-14-27-21)24-11-3-4-12-24/h1-2,5-10,13-14,19H,3-4,11-12,15-16H2,(H,23,25). The highest BCUT2D eigenvalue weighted by atomic mass is 32.2. The summed E-state index contributed by atoms with van der Waals surface area (Å²) in [7, 11) is 0. The van der Waals surface area contributed by atoms with Crippen LogP contribution in [0.4, 0.5) is 0 Å². The van der Waals surface area contributed by atoms with Gasteiger partial charge in [-0.15, -0.1) is 34.4 Å². The molecule has 1 atom stereocenters. The third-order valence-corrected chi connectivity index (χ3v) is 8.15. The van der Waals surface area contributed by atoms with E-state index in [-0.39, 0.29) is 11.9 Å². The summed E-state index contributed by atoms with van der Waals surface area (Å²) in [6.07, 6.45) is 2.50. The number of amides is 1. The average Bonchev–Trinajstić information content (AvgIpc) is 3.50. The van der Waals surface area contributed by atoms with E-state index in [1.165, 1.54) is 22.6 Å². The molecule has 28 heavy (non-hydrogen) atoms. The van der Waals surface area contributed by atoms with Crippen molar-refractivity contribution in [1.82, 2.24) is 10.2 Å². The Kier molecular flexibility index (Phi) is 6.86. The molecule has 0 saturated carbocycles. The quantitative estimate of drug-likeness (QED) is 0.469. The first-order chi connectivity index (χ1) is 13.8. The van der Waals surface area contributed by atoms with Crippen LogP contribution in [0.5, 0.6) is 0 Å². The van der Waals surface area contributed by atoms with E-state index in [0.29, 0.717) is 6.54 Å². The van der Waals surface area contributed by atoms with Crippen molar-refractivity contribution in [3.63, 3.8) is 0 Å². The van der Waals surface area contributed by atoms with Gasteiger partial charge in [-0.2, -0.15) is 0 Å². The number of thiophene rings is 2. The maximum atomic E-state index is 13.0. The molecule has 0 spiro atoms. The highest BCUT2D eigenvalue weighted by molar-refractivity contribution is 7.98. The van der Waals surface area contributed by atoms with E-state index in [1.54, 1.807) is 34.4 Å². The maximum Gasteiger partial charge on any atom is 0.252 e. The molecule has 0 radical (unpaired) electrons. The lowest BCUT2D eigenvalue weighted by Crippen LogP contribution is -2.36. The number of hydrogen-bond donors (Lipinski definition) is 1. The lowest BCUT2D eigenvalue weighted by atomic mass is 10.1. The number of thioether (sulfide) groups is 1. The van der Waals surface area contributed by atoms with Crippen LogP contribution in [0.1, 0.15) is 39.0 Å². The lowest BCUT2D eigenvalue weighted by molar-refractivity contribution is 0.0935. The zero-order valence-electron chi connectivity index (χ0n) is 15.7. The summed E-state index contributed by atoms with van der Waals surface area (Å²) in [6.45, 7) is 2.89. The lowest BCUT2D eigenvalue weighted by Gasteiger charge is -2.27. The molecule has 3 nitrogen and oxygen atoms in total. The van der Waals surface area contributed by atoms with E-state index < -0.39 is 0 Å². The predicted octanol–water partition coefficient (Wildman–Crippen LogP) is 5.67. The molecule has 1 aromatic carbocycles. The minimum absolute atomic E-state index is 0.0232. The zero-order valence-corrected chi connectivity index (χ0v) is 18.1. The number of benzene rings is 1. The van der Waals surface area contributed by atoms with Gasteiger partial charge < -0.3 is 5.32 Å². The van der Waals surface area contributed by atoms with E-state index in [9.17, 15) is 4.79 Å². The molecule has 1 saturated heterocycles. The fourth-order valence-electron chi connectivity index (χ4n) is 3.55. The smallest absolute Gasteiger partial charge is 0.252 e. The minimum atomic E-state index is 0.0232. The van der Waals surface area contributed by atoms with Crippen LogP contribution in [-0.2, 0) is 5.75 Å². The molecule has 1 aliphatic heterocycles. The van der Waals surface area contributed by atoms with E-state index in [2.05, 4.69) is 45.2 Å². The summed E-state index contributed by atoms with van der Waals surface area (Å²) in [4.78, 5) is 19.2. The first kappa shape index (κ1) is 19.7. The van der Waals surface area contributed by atoms with Gasteiger partial charge in [0.05, 0.1) is 11.6 Å². The summed E-state index contributed by atoms with van der Waals surface area (Å²) in [5, 5.41) is 7.43. The van der Waals surface area contributed by atoms with Crippen LogP contribution in [0.3, 0.4) is 0 Å². The molecule has 3 aromatic rings. The van der Waals surface area contributed by atoms with Gasteiger partial charge in [-0.3, -0.25) is 9.69 Å². The number of carbonyl (C=O) groups excluding carboxylic acids is 1. The Labute approximate surface area is 178 Å². The van der Waals surface area contributed by atoms with Crippen LogP contribution in [0, 0.1) is 0 Å². The molecule has 146 valence electrons. The molecule has 0 bridgehead atoms. The zero-order chi connectivity index (χ0) is 19.2. The second kappa shape index (κ2) is 9.74. The molecule has 6 heteroatoms. The van der Waals surface area contributed by atoms with Crippen molar-refractivity contribution in [2.24, 2.45) is 0 Å². The first-order valence-electron chi connectivity index (χ1n) is 9.61. The molecule has 3 heterocycles. The molecule has 1 aliphatic rings. The average molecular weight is 429 g/mol. The van der Waals surface area contributed by atoms with Crippen molar-refractivity contribution in [2.75, 3.05) is 19.6 Å². The summed E-state index contributed by atoms with van der Waals surface area (Å²) in [5.41, 5.74) is 0.774. The van der Waals surface area contributed by atoms with Crippen molar-refractivity contribution in [3.05, 3.63) is 74.6 Å². The molecular formula is C22H24N2OS3. The van der Waals surface area contributed by atoms with Gasteiger partial charge in [0.15, 0.2) is 0 Å². The third-order valence-electron chi connectivity index (χ3n) is 4.99. The summed E-state index contributed by atoms with van der Waals surface area (Å²) in [5.74, 6) is 0.920. The Morgan fingerprint density at radius 3 is 2.57 bits per heavy atom. The van der Waals surface area contributed by atoms with Crippen molar-refractivity contribution in [1.29, 1.82) is 0 Å². The number of nitrogens with zero attached hydrogens (tertiary/aromatic N) is 1. The highest BCUT2D eigenvalue weighted by Gasteiger charge is 2.25. The van der Waals surface area contributed by atoms with E-state index in [4.69, 9.17) is 0 Å². The highest BCUT2D eigenvalue weighted by Crippen LogP contribution is 2.30. The van der Waals surface area contributed by atoms with Gasteiger partial charge in [0.25, 0.3) is 5.91 Å². The molecular weight excluding hydrogens is 404 g/mol. The maximum absolute atomic E-state index is 13.0. The van der Waals surface area contributed by atoms with Gasteiger partial charge >= 0.3 is 0 Å². The molecule has 2 aromatic heterocycles. The molecule has 1 N–H and O–H groups in total. The largest absolute Gasteiger partial charge is 0.350 e. The minimum Gasteiger partial charge on any atom is -0.350 e. The van der Waals surface area contributed by atoms with Gasteiger partial charge in [0, 0.05) is 26.9 Å². The fraction of sp³-hybridized carbons (Fsp3) is 0.318. The number of likely N-dealkylation sites (tertiary alicyclic amines) is 1. The molecule has 1 fully saturated rings. The number of rotatable bonds is 8. The van der Waals surface area contributed by atoms with E-state index >= 15 is 0 Å². The van der Waals surface area contributed by atoms with Gasteiger partial charge in [0.1, 0.15) is 0 Å². The van der Waals surface area contributed by atoms with Crippen molar-refractivity contribution < 1.29 is 4.79 Å². The van der Waals surface area contributed by atoms with Crippen LogP contribution in [-0.4, -0.2) is 30.4 Å². The van der Waals surface area contributed by atoms with Crippen LogP contribution in [0.2, 0.25) is 0 Å². The summed E-state index contributed by atoms with van der Waals surface area (Å²) >= 11 is 5.27. The van der Waals surface area contributed by atoms with Crippen LogP contribution in [0.25, 0.3) is 0 Å². The summed E-state index contributed by atoms with van der Waals surface area (Å²) < 4.78 is 0. The normalized spacial score (nSPS) is 15.6. The number of carbonyl (C=O) groups is 1. The monoisotopic (exact) mass is 428 g/mol. The third kappa shape index (κ3) is 4.87. The topological polar surface area (TPSA) is 32.3 Å². The van der Waals surface area contributed by atoms with Gasteiger partial charge in [-0.1, -0.05) is 24.3 Å². The Morgan fingerprint density at radius 1 is 1.04 bits per heavy atom. The van der Waals surface area contributed by atoms with Gasteiger partial charge in [0.2, 0.25) is 0 Å². The van der Waals surface area contributed by atoms with E-state index in [1.807, 2.05) is 24.3 Å². The van der Waals surface area contributed by atoms with Crippen LogP contribution < -0.4 is 5.32 Å². The molecule has 0 aliphatic carbocycles. The molecule has 4 rings (SSSR count). The van der Waals surface area contributed by atoms with Crippen molar-refractivity contribution in [2.45, 2.75) is 29.5 Å². The van der Waals surface area contributed by atoms with Crippen LogP contribution >= 0.6 is 34.4 Å². The Morgan fingerprint density at radius 2 is 1.82 bits per heavy atom. The van der Waals surface area contributed by atoms with Gasteiger partial charge in [-0.25, -0.2) is 0 Å². The first-order valence-corrected chi connectivity index (χ1v) is 12.4. The Bertz CT molecular complexity index is 871. The summed E-state index contributed by atoms with van der Waals surface area (Å²) in [6, 6.07) is 16.7. The van der Waals surface area contributed by atoms with E-state index in [0.717, 1.165) is 29.3 Å². The fourth-order valence-corrected chi connectivity index (χ4v) is 6.24. The SMILES string of the molecule is O=C(NCC(c1cccs1)N1CCCC1)c1ccccc1SCc1cccs1. The number of hydrogen-bond acceptors (Lipinski definition) is 5. The Balaban J connectivity index is 1.42. The van der Waals surface area contributed by atoms with Crippen molar-refractivity contribution in [3.8, 4) is 0 Å².